The summed E-state index contributed by atoms with van der Waals surface area (Å²) < 4.78 is 3.55. The molecule has 0 saturated carbocycles. The molecule has 6 heteroatoms. The van der Waals surface area contributed by atoms with Crippen molar-refractivity contribution < 1.29 is 0 Å². The van der Waals surface area contributed by atoms with Crippen molar-refractivity contribution in [3.8, 4) is 0 Å². The Kier molecular flexibility index (Phi) is 4.05. The Bertz CT molecular complexity index is 1130. The molecular formula is C19H18N4OS. The number of aryl methyl sites for hydroxylation is 2. The molecule has 4 aromatic rings. The van der Waals surface area contributed by atoms with E-state index in [1.54, 1.807) is 23.4 Å². The highest BCUT2D eigenvalue weighted by molar-refractivity contribution is 7.97. The molecule has 5 nitrogen and oxygen atoms in total. The number of hydrogen-bond donors (Lipinski definition) is 0. The van der Waals surface area contributed by atoms with Crippen molar-refractivity contribution in [1.29, 1.82) is 0 Å². The summed E-state index contributed by atoms with van der Waals surface area (Å²) in [4.78, 5) is 12.5. The Morgan fingerprint density at radius 2 is 1.76 bits per heavy atom. The van der Waals surface area contributed by atoms with Crippen LogP contribution in [-0.4, -0.2) is 19.2 Å². The van der Waals surface area contributed by atoms with Crippen LogP contribution in [0, 0.1) is 6.92 Å². The van der Waals surface area contributed by atoms with Gasteiger partial charge < -0.3 is 0 Å². The zero-order valence-corrected chi connectivity index (χ0v) is 15.0. The van der Waals surface area contributed by atoms with Crippen LogP contribution in [0.1, 0.15) is 17.0 Å². The van der Waals surface area contributed by atoms with E-state index in [1.165, 1.54) is 11.1 Å². The molecule has 0 spiro atoms. The fourth-order valence-corrected chi connectivity index (χ4v) is 4.03. The molecule has 0 bridgehead atoms. The summed E-state index contributed by atoms with van der Waals surface area (Å²) in [5.41, 5.74) is 3.44. The van der Waals surface area contributed by atoms with Crippen LogP contribution in [0.5, 0.6) is 0 Å². The molecule has 2 heterocycles. The van der Waals surface area contributed by atoms with Gasteiger partial charge in [-0.1, -0.05) is 36.4 Å². The van der Waals surface area contributed by atoms with Crippen molar-refractivity contribution in [3.63, 3.8) is 0 Å². The normalized spacial score (nSPS) is 11.4. The molecule has 0 saturated heterocycles. The smallest absolute Gasteiger partial charge is 0.262 e. The Morgan fingerprint density at radius 1 is 1.00 bits per heavy atom. The van der Waals surface area contributed by atoms with E-state index in [-0.39, 0.29) is 5.56 Å². The first kappa shape index (κ1) is 15.9. The van der Waals surface area contributed by atoms with Gasteiger partial charge in [0, 0.05) is 12.8 Å². The van der Waals surface area contributed by atoms with E-state index in [1.807, 2.05) is 28.7 Å². The Labute approximate surface area is 149 Å². The third kappa shape index (κ3) is 2.72. The Morgan fingerprint density at radius 3 is 2.60 bits per heavy atom. The number of para-hydroxylation sites is 1. The molecule has 0 amide bonds. The Hall–Kier alpha value is -2.60. The molecule has 0 aliphatic carbocycles. The molecular weight excluding hydrogens is 332 g/mol. The van der Waals surface area contributed by atoms with Crippen molar-refractivity contribution in [2.45, 2.75) is 18.4 Å². The number of benzene rings is 2. The lowest BCUT2D eigenvalue weighted by molar-refractivity contribution is 0.858. The summed E-state index contributed by atoms with van der Waals surface area (Å²) in [6.07, 6.45) is 0. The van der Waals surface area contributed by atoms with Gasteiger partial charge in [0.1, 0.15) is 5.82 Å². The quantitative estimate of drug-likeness (QED) is 0.566. The molecule has 4 rings (SSSR count). The minimum Gasteiger partial charge on any atom is -0.279 e. The number of hydrogen-bond acceptors (Lipinski definition) is 4. The Balaban J connectivity index is 1.71. The summed E-state index contributed by atoms with van der Waals surface area (Å²) in [5.74, 6) is 3.10. The molecule has 0 N–H and O–H groups in total. The van der Waals surface area contributed by atoms with Gasteiger partial charge in [-0.25, -0.2) is 0 Å². The highest BCUT2D eigenvalue weighted by atomic mass is 32.2. The first-order valence-electron chi connectivity index (χ1n) is 8.11. The van der Waals surface area contributed by atoms with E-state index in [0.29, 0.717) is 11.2 Å². The topological polar surface area (TPSA) is 52.2 Å². The summed E-state index contributed by atoms with van der Waals surface area (Å²) >= 11 is 1.80. The van der Waals surface area contributed by atoms with Crippen LogP contribution in [-0.2, 0) is 18.6 Å². The van der Waals surface area contributed by atoms with Crippen molar-refractivity contribution in [2.75, 3.05) is 0 Å². The number of thioether (sulfide) groups is 1. The number of aromatic nitrogens is 4. The van der Waals surface area contributed by atoms with E-state index in [0.717, 1.165) is 22.8 Å². The first-order valence-corrected chi connectivity index (χ1v) is 9.26. The fraction of sp³-hybridized carbons (Fsp3) is 0.211. The highest BCUT2D eigenvalue weighted by Crippen LogP contribution is 2.21. The number of nitrogens with zero attached hydrogens (tertiary/aromatic N) is 4. The minimum absolute atomic E-state index is 0.0467. The lowest BCUT2D eigenvalue weighted by atomic mass is 10.1. The van der Waals surface area contributed by atoms with Crippen LogP contribution in [0.4, 0.5) is 0 Å². The van der Waals surface area contributed by atoms with Crippen LogP contribution < -0.4 is 5.56 Å². The van der Waals surface area contributed by atoms with Crippen molar-refractivity contribution in [3.05, 3.63) is 75.8 Å². The fourth-order valence-electron chi connectivity index (χ4n) is 3.01. The van der Waals surface area contributed by atoms with Crippen molar-refractivity contribution in [2.24, 2.45) is 7.05 Å². The van der Waals surface area contributed by atoms with Gasteiger partial charge in [0.25, 0.3) is 5.56 Å². The van der Waals surface area contributed by atoms with Gasteiger partial charge in [0.15, 0.2) is 0 Å². The minimum atomic E-state index is -0.0467. The average molecular weight is 350 g/mol. The maximum absolute atomic E-state index is 12.5. The average Bonchev–Trinajstić information content (AvgIpc) is 3.05. The molecule has 0 unspecified atom stereocenters. The second-order valence-electron chi connectivity index (χ2n) is 6.05. The van der Waals surface area contributed by atoms with Gasteiger partial charge in [-0.2, -0.15) is 0 Å². The largest absolute Gasteiger partial charge is 0.279 e. The predicted molar refractivity (Wildman–Crippen MR) is 102 cm³/mol. The highest BCUT2D eigenvalue weighted by Gasteiger charge is 2.14. The van der Waals surface area contributed by atoms with Crippen molar-refractivity contribution in [1.82, 2.24) is 19.2 Å². The predicted octanol–water partition coefficient (Wildman–Crippen LogP) is 3.32. The molecule has 126 valence electrons. The van der Waals surface area contributed by atoms with Crippen LogP contribution in [0.15, 0.2) is 53.3 Å². The summed E-state index contributed by atoms with van der Waals surface area (Å²) in [6.45, 7) is 2.13. The van der Waals surface area contributed by atoms with E-state index in [2.05, 4.69) is 41.4 Å². The second kappa shape index (κ2) is 6.37. The molecule has 25 heavy (non-hydrogen) atoms. The second-order valence-corrected chi connectivity index (χ2v) is 7.04. The maximum atomic E-state index is 12.5. The van der Waals surface area contributed by atoms with Gasteiger partial charge in [-0.3, -0.25) is 13.8 Å². The first-order chi connectivity index (χ1) is 12.2. The van der Waals surface area contributed by atoms with Gasteiger partial charge in [-0.15, -0.1) is 22.0 Å². The van der Waals surface area contributed by atoms with Gasteiger partial charge in [-0.05, 0) is 30.2 Å². The number of fused-ring (bicyclic) bond motifs is 3. The van der Waals surface area contributed by atoms with E-state index in [9.17, 15) is 4.79 Å². The van der Waals surface area contributed by atoms with Crippen LogP contribution >= 0.6 is 11.8 Å². The zero-order chi connectivity index (χ0) is 17.4. The third-order valence-electron chi connectivity index (χ3n) is 4.44. The van der Waals surface area contributed by atoms with Gasteiger partial charge >= 0.3 is 0 Å². The SMILES string of the molecule is Cc1ccccc1CSCc1nnc2n(C)c(=O)c3ccccc3n12. The van der Waals surface area contributed by atoms with E-state index < -0.39 is 0 Å². The van der Waals surface area contributed by atoms with Crippen LogP contribution in [0.2, 0.25) is 0 Å². The van der Waals surface area contributed by atoms with Crippen LogP contribution in [0.25, 0.3) is 16.7 Å². The van der Waals surface area contributed by atoms with Gasteiger partial charge in [0.05, 0.1) is 16.7 Å². The standard InChI is InChI=1S/C19H18N4OS/c1-13-7-3-4-8-14(13)11-25-12-17-20-21-19-22(2)18(24)15-9-5-6-10-16(15)23(17)19/h3-10H,11-12H2,1-2H3. The third-order valence-corrected chi connectivity index (χ3v) is 5.42. The molecule has 2 aromatic heterocycles. The lowest BCUT2D eigenvalue weighted by Gasteiger charge is -2.08. The summed E-state index contributed by atoms with van der Waals surface area (Å²) in [7, 11) is 1.74. The lowest BCUT2D eigenvalue weighted by Crippen LogP contribution is -2.20. The van der Waals surface area contributed by atoms with Gasteiger partial charge in [0.2, 0.25) is 5.78 Å². The van der Waals surface area contributed by atoms with Crippen molar-refractivity contribution >= 4 is 28.4 Å². The molecule has 0 fully saturated rings. The molecule has 0 radical (unpaired) electrons. The molecule has 0 aliphatic rings. The maximum Gasteiger partial charge on any atom is 0.262 e. The summed E-state index contributed by atoms with van der Waals surface area (Å²) in [6, 6.07) is 16.0. The molecule has 0 atom stereocenters. The van der Waals surface area contributed by atoms with E-state index in [4.69, 9.17) is 0 Å². The zero-order valence-electron chi connectivity index (χ0n) is 14.1. The summed E-state index contributed by atoms with van der Waals surface area (Å²) in [5, 5.41) is 9.25. The monoisotopic (exact) mass is 350 g/mol. The van der Waals surface area contributed by atoms with E-state index >= 15 is 0 Å². The molecule has 2 aromatic carbocycles. The van der Waals surface area contributed by atoms with Crippen LogP contribution in [0.3, 0.4) is 0 Å². The molecule has 0 aliphatic heterocycles. The number of rotatable bonds is 4.